The van der Waals surface area contributed by atoms with Crippen LogP contribution in [0.1, 0.15) is 31.9 Å². The minimum Gasteiger partial charge on any atom is -0.496 e. The van der Waals surface area contributed by atoms with Crippen LogP contribution in [0.5, 0.6) is 5.75 Å². The fraction of sp³-hybridized carbons (Fsp3) is 0.500. The minimum absolute atomic E-state index is 0.0847. The zero-order valence-electron chi connectivity index (χ0n) is 11.7. The molecule has 0 radical (unpaired) electrons. The molecule has 0 aromatic heterocycles. The fourth-order valence-corrected chi connectivity index (χ4v) is 2.32. The largest absolute Gasteiger partial charge is 0.496 e. The summed E-state index contributed by atoms with van der Waals surface area (Å²) < 4.78 is 6.29. The van der Waals surface area contributed by atoms with E-state index in [1.54, 1.807) is 21.0 Å². The zero-order valence-corrected chi connectivity index (χ0v) is 13.2. The number of carboxylic acids is 1. The van der Waals surface area contributed by atoms with Gasteiger partial charge in [0.2, 0.25) is 0 Å². The topological polar surface area (TPSA) is 58.6 Å². The molecule has 0 aliphatic carbocycles. The Hall–Kier alpha value is -1.07. The van der Waals surface area contributed by atoms with Crippen molar-refractivity contribution in [2.75, 3.05) is 14.2 Å². The second kappa shape index (κ2) is 6.39. The molecule has 1 aromatic rings. The predicted octanol–water partition coefficient (Wildman–Crippen LogP) is 3.22. The number of hydrogen-bond acceptors (Lipinski definition) is 3. The lowest BCUT2D eigenvalue weighted by molar-refractivity contribution is -0.147. The Balaban J connectivity index is 3.10. The van der Waals surface area contributed by atoms with Gasteiger partial charge < -0.3 is 15.2 Å². The lowest BCUT2D eigenvalue weighted by Crippen LogP contribution is -2.30. The lowest BCUT2D eigenvalue weighted by atomic mass is 9.83. The maximum absolute atomic E-state index is 11.3. The molecule has 5 heteroatoms. The van der Waals surface area contributed by atoms with Gasteiger partial charge in [-0.1, -0.05) is 15.9 Å². The van der Waals surface area contributed by atoms with Gasteiger partial charge in [0.1, 0.15) is 5.75 Å². The Morgan fingerprint density at radius 2 is 2.16 bits per heavy atom. The molecular weight excluding hydrogens is 310 g/mol. The Morgan fingerprint density at radius 3 is 2.63 bits per heavy atom. The summed E-state index contributed by atoms with van der Waals surface area (Å²) in [6.07, 6.45) is 0.478. The zero-order chi connectivity index (χ0) is 14.6. The van der Waals surface area contributed by atoms with Crippen LogP contribution in [0.4, 0.5) is 0 Å². The Labute approximate surface area is 122 Å². The second-order valence-electron chi connectivity index (χ2n) is 5.12. The molecule has 0 bridgehead atoms. The third-order valence-electron chi connectivity index (χ3n) is 3.21. The van der Waals surface area contributed by atoms with E-state index in [0.29, 0.717) is 6.42 Å². The van der Waals surface area contributed by atoms with Crippen molar-refractivity contribution in [2.24, 2.45) is 5.41 Å². The van der Waals surface area contributed by atoms with E-state index in [4.69, 9.17) is 4.74 Å². The van der Waals surface area contributed by atoms with Crippen molar-refractivity contribution in [3.8, 4) is 5.75 Å². The van der Waals surface area contributed by atoms with Crippen LogP contribution in [0.3, 0.4) is 0 Å². The summed E-state index contributed by atoms with van der Waals surface area (Å²) in [5, 5.41) is 12.4. The predicted molar refractivity (Wildman–Crippen MR) is 78.5 cm³/mol. The molecule has 0 fully saturated rings. The Morgan fingerprint density at radius 1 is 1.53 bits per heavy atom. The van der Waals surface area contributed by atoms with Crippen molar-refractivity contribution in [1.82, 2.24) is 5.32 Å². The first kappa shape index (κ1) is 16.0. The first-order valence-corrected chi connectivity index (χ1v) is 6.85. The van der Waals surface area contributed by atoms with E-state index in [-0.39, 0.29) is 6.04 Å². The summed E-state index contributed by atoms with van der Waals surface area (Å²) >= 11 is 3.43. The molecule has 1 unspecified atom stereocenters. The van der Waals surface area contributed by atoms with E-state index >= 15 is 0 Å². The van der Waals surface area contributed by atoms with Gasteiger partial charge in [-0.2, -0.15) is 0 Å². The molecule has 0 aliphatic heterocycles. The number of methoxy groups -OCH3 is 1. The molecule has 1 rings (SSSR count). The molecule has 1 aromatic carbocycles. The van der Waals surface area contributed by atoms with E-state index in [9.17, 15) is 9.90 Å². The highest BCUT2D eigenvalue weighted by Gasteiger charge is 2.31. The number of carbonyl (C=O) groups is 1. The average Bonchev–Trinajstić information content (AvgIpc) is 2.35. The van der Waals surface area contributed by atoms with Gasteiger partial charge in [0.15, 0.2) is 0 Å². The van der Waals surface area contributed by atoms with Crippen LogP contribution in [-0.4, -0.2) is 25.2 Å². The molecule has 0 aliphatic rings. The molecule has 0 heterocycles. The summed E-state index contributed by atoms with van der Waals surface area (Å²) in [5.41, 5.74) is 0.148. The Bertz CT molecular complexity index is 460. The van der Waals surface area contributed by atoms with E-state index in [1.807, 2.05) is 25.2 Å². The van der Waals surface area contributed by atoms with Gasteiger partial charge in [-0.25, -0.2) is 0 Å². The number of ether oxygens (including phenoxy) is 1. The van der Waals surface area contributed by atoms with Crippen LogP contribution in [0.25, 0.3) is 0 Å². The molecule has 0 saturated carbocycles. The van der Waals surface area contributed by atoms with E-state index < -0.39 is 11.4 Å². The minimum atomic E-state index is -0.805. The van der Waals surface area contributed by atoms with Crippen molar-refractivity contribution >= 4 is 21.9 Å². The first-order valence-electron chi connectivity index (χ1n) is 6.06. The van der Waals surface area contributed by atoms with Crippen molar-refractivity contribution in [3.05, 3.63) is 28.2 Å². The summed E-state index contributed by atoms with van der Waals surface area (Å²) in [6, 6.07) is 5.64. The molecule has 106 valence electrons. The van der Waals surface area contributed by atoms with Crippen LogP contribution >= 0.6 is 15.9 Å². The van der Waals surface area contributed by atoms with Gasteiger partial charge in [0.05, 0.1) is 12.5 Å². The summed E-state index contributed by atoms with van der Waals surface area (Å²) in [6.45, 7) is 3.45. The summed E-state index contributed by atoms with van der Waals surface area (Å²) in [7, 11) is 3.44. The van der Waals surface area contributed by atoms with E-state index in [2.05, 4.69) is 21.2 Å². The third-order valence-corrected chi connectivity index (χ3v) is 3.70. The number of rotatable bonds is 6. The summed E-state index contributed by atoms with van der Waals surface area (Å²) in [5.74, 6) is -0.0505. The normalized spacial score (nSPS) is 13.1. The van der Waals surface area contributed by atoms with Gasteiger partial charge in [-0.05, 0) is 45.5 Å². The number of aliphatic carboxylic acids is 1. The van der Waals surface area contributed by atoms with Crippen LogP contribution in [0, 0.1) is 5.41 Å². The van der Waals surface area contributed by atoms with Gasteiger partial charge in [-0.3, -0.25) is 4.79 Å². The first-order chi connectivity index (χ1) is 8.81. The number of nitrogens with one attached hydrogen (secondary N) is 1. The van der Waals surface area contributed by atoms with E-state index in [0.717, 1.165) is 15.8 Å². The average molecular weight is 330 g/mol. The number of benzene rings is 1. The standard InChI is InChI=1S/C14H20BrNO3/c1-14(2,13(17)18)8-11(16-3)10-7-9(15)5-6-12(10)19-4/h5-7,11,16H,8H2,1-4H3,(H,17,18). The third kappa shape index (κ3) is 3.94. The lowest BCUT2D eigenvalue weighted by Gasteiger charge is -2.27. The van der Waals surface area contributed by atoms with Gasteiger partial charge in [0.25, 0.3) is 0 Å². The van der Waals surface area contributed by atoms with Crippen molar-refractivity contribution in [3.63, 3.8) is 0 Å². The fourth-order valence-electron chi connectivity index (χ4n) is 1.94. The van der Waals surface area contributed by atoms with Crippen LogP contribution in [0.2, 0.25) is 0 Å². The molecule has 0 spiro atoms. The molecule has 2 N–H and O–H groups in total. The summed E-state index contributed by atoms with van der Waals surface area (Å²) in [4.78, 5) is 11.3. The number of carboxylic acid groups (broad SMARTS) is 1. The van der Waals surface area contributed by atoms with Gasteiger partial charge in [-0.15, -0.1) is 0 Å². The van der Waals surface area contributed by atoms with Crippen LogP contribution in [-0.2, 0) is 4.79 Å². The van der Waals surface area contributed by atoms with Crippen molar-refractivity contribution in [1.29, 1.82) is 0 Å². The molecule has 19 heavy (non-hydrogen) atoms. The number of hydrogen-bond donors (Lipinski definition) is 2. The quantitative estimate of drug-likeness (QED) is 0.841. The second-order valence-corrected chi connectivity index (χ2v) is 6.04. The highest BCUT2D eigenvalue weighted by atomic mass is 79.9. The van der Waals surface area contributed by atoms with E-state index in [1.165, 1.54) is 0 Å². The SMILES string of the molecule is CNC(CC(C)(C)C(=O)O)c1cc(Br)ccc1OC. The van der Waals surface area contributed by atoms with Crippen molar-refractivity contribution < 1.29 is 14.6 Å². The molecule has 4 nitrogen and oxygen atoms in total. The van der Waals surface area contributed by atoms with Gasteiger partial charge >= 0.3 is 5.97 Å². The number of halogens is 1. The highest BCUT2D eigenvalue weighted by Crippen LogP contribution is 2.35. The van der Waals surface area contributed by atoms with Crippen LogP contribution < -0.4 is 10.1 Å². The Kier molecular flexibility index (Phi) is 5.38. The molecule has 0 amide bonds. The molecular formula is C14H20BrNO3. The molecule has 1 atom stereocenters. The van der Waals surface area contributed by atoms with Crippen LogP contribution in [0.15, 0.2) is 22.7 Å². The highest BCUT2D eigenvalue weighted by molar-refractivity contribution is 9.10. The smallest absolute Gasteiger partial charge is 0.309 e. The monoisotopic (exact) mass is 329 g/mol. The van der Waals surface area contributed by atoms with Crippen molar-refractivity contribution in [2.45, 2.75) is 26.3 Å². The van der Waals surface area contributed by atoms with Gasteiger partial charge in [0, 0.05) is 16.1 Å². The maximum atomic E-state index is 11.3. The molecule has 0 saturated heterocycles. The maximum Gasteiger partial charge on any atom is 0.309 e.